The highest BCUT2D eigenvalue weighted by Crippen LogP contribution is 2.27. The van der Waals surface area contributed by atoms with Gasteiger partial charge >= 0.3 is 6.18 Å². The lowest BCUT2D eigenvalue weighted by atomic mass is 10.1. The molecule has 0 amide bonds. The molecule has 29 heavy (non-hydrogen) atoms. The van der Waals surface area contributed by atoms with E-state index in [9.17, 15) is 18.3 Å². The van der Waals surface area contributed by atoms with Crippen molar-refractivity contribution < 1.29 is 33.2 Å². The van der Waals surface area contributed by atoms with E-state index in [1.165, 1.54) is 5.57 Å². The van der Waals surface area contributed by atoms with Crippen LogP contribution in [0.1, 0.15) is 12.0 Å². The first kappa shape index (κ1) is 20.7. The maximum Gasteiger partial charge on any atom is 0.430 e. The predicted octanol–water partition coefficient (Wildman–Crippen LogP) is -0.0732. The molecular weight excluding hydrogens is 411 g/mol. The minimum Gasteiger partial charge on any atom is -0.542 e. The Kier molecular flexibility index (Phi) is 5.78. The van der Waals surface area contributed by atoms with Gasteiger partial charge in [-0.05, 0) is 30.2 Å². The zero-order chi connectivity index (χ0) is 21.2. The molecule has 2 aromatic carbocycles. The number of aliphatic carboxylic acids is 1. The number of anilines is 1. The Morgan fingerprint density at radius 2 is 1.97 bits per heavy atom. The van der Waals surface area contributed by atoms with Crippen LogP contribution in [-0.4, -0.2) is 30.0 Å². The van der Waals surface area contributed by atoms with E-state index in [-0.39, 0.29) is 5.75 Å². The molecule has 0 saturated carbocycles. The second-order valence-electron chi connectivity index (χ2n) is 6.25. The molecule has 4 rings (SSSR count). The van der Waals surface area contributed by atoms with Crippen LogP contribution in [0.5, 0.6) is 5.75 Å². The number of hydrogen-bond acceptors (Lipinski definition) is 5. The van der Waals surface area contributed by atoms with Crippen molar-refractivity contribution in [3.63, 3.8) is 0 Å². The van der Waals surface area contributed by atoms with Crippen molar-refractivity contribution in [3.05, 3.63) is 51.5 Å². The van der Waals surface area contributed by atoms with Gasteiger partial charge in [-0.25, -0.2) is 4.99 Å². The van der Waals surface area contributed by atoms with Gasteiger partial charge in [0.05, 0.1) is 16.3 Å². The average Bonchev–Trinajstić information content (AvgIpc) is 3.10. The third-order valence-corrected chi connectivity index (χ3v) is 4.53. The van der Waals surface area contributed by atoms with Crippen LogP contribution in [0.25, 0.3) is 5.57 Å². The van der Waals surface area contributed by atoms with Gasteiger partial charge in [0, 0.05) is 23.7 Å². The molecule has 2 heterocycles. The number of halogens is 4. The number of nitrogens with zero attached hydrogens (tertiary/aromatic N) is 1. The van der Waals surface area contributed by atoms with Crippen LogP contribution in [0, 0.1) is 0 Å². The second kappa shape index (κ2) is 8.12. The lowest BCUT2D eigenvalue weighted by Crippen LogP contribution is -2.61. The number of carbonyl (C=O) groups excluding carboxylic acids is 1. The van der Waals surface area contributed by atoms with Crippen LogP contribution in [0.3, 0.4) is 0 Å². The molecule has 0 atom stereocenters. The van der Waals surface area contributed by atoms with Gasteiger partial charge in [0.2, 0.25) is 5.75 Å². The summed E-state index contributed by atoms with van der Waals surface area (Å²) in [6.45, 7) is 1.41. The number of phenolic OH excluding ortho intramolecular Hbond substituents is 1. The lowest BCUT2D eigenvalue weighted by molar-refractivity contribution is -0.345. The van der Waals surface area contributed by atoms with Crippen LogP contribution in [0.15, 0.2) is 35.3 Å². The Balaban J connectivity index is 0.000000298. The first-order valence-electron chi connectivity index (χ1n) is 8.46. The van der Waals surface area contributed by atoms with E-state index in [1.54, 1.807) is 0 Å². The van der Waals surface area contributed by atoms with E-state index in [4.69, 9.17) is 21.5 Å². The maximum atomic E-state index is 10.5. The SMILES string of the molecule is O=C([O-])C(F)(F)F.Oc1c(NCc2ccc(Cl)cc2)cc2c3c1[NH+]=CC=3CCN=2. The van der Waals surface area contributed by atoms with Crippen molar-refractivity contribution in [3.8, 4) is 5.75 Å². The molecule has 10 heteroatoms. The summed E-state index contributed by atoms with van der Waals surface area (Å²) < 4.78 is 31.5. The van der Waals surface area contributed by atoms with Crippen molar-refractivity contribution in [1.82, 2.24) is 0 Å². The lowest BCUT2D eigenvalue weighted by Gasteiger charge is -2.10. The van der Waals surface area contributed by atoms with Gasteiger partial charge in [-0.3, -0.25) is 4.99 Å². The molecule has 0 saturated heterocycles. The molecule has 0 bridgehead atoms. The first-order chi connectivity index (χ1) is 13.7. The summed E-state index contributed by atoms with van der Waals surface area (Å²) in [6, 6.07) is 9.57. The van der Waals surface area contributed by atoms with Gasteiger partial charge in [0.15, 0.2) is 6.21 Å². The Bertz CT molecular complexity index is 1100. The molecule has 0 unspecified atom stereocenters. The predicted molar refractivity (Wildman–Crippen MR) is 98.3 cm³/mol. The van der Waals surface area contributed by atoms with E-state index in [1.807, 2.05) is 36.5 Å². The van der Waals surface area contributed by atoms with Crippen molar-refractivity contribution in [2.75, 3.05) is 11.9 Å². The van der Waals surface area contributed by atoms with Crippen molar-refractivity contribution >= 4 is 40.7 Å². The van der Waals surface area contributed by atoms with E-state index in [0.717, 1.165) is 39.8 Å². The Hall–Kier alpha value is -3.07. The topological polar surface area (TPSA) is 98.7 Å². The molecule has 0 spiro atoms. The molecule has 0 aromatic heterocycles. The number of rotatable bonds is 3. The summed E-state index contributed by atoms with van der Waals surface area (Å²) in [5.74, 6) is -2.76. The van der Waals surface area contributed by atoms with Gasteiger partial charge in [0.25, 0.3) is 5.69 Å². The normalized spacial score (nSPS) is 13.9. The molecular formula is C19H15ClF3N3O3. The summed E-state index contributed by atoms with van der Waals surface area (Å²) in [4.78, 5) is 16.5. The molecule has 3 N–H and O–H groups in total. The number of carboxylic acid groups (broad SMARTS) is 1. The van der Waals surface area contributed by atoms with Crippen LogP contribution >= 0.6 is 11.6 Å². The van der Waals surface area contributed by atoms with Crippen LogP contribution in [0.4, 0.5) is 24.5 Å². The molecule has 0 fully saturated rings. The largest absolute Gasteiger partial charge is 0.542 e. The minimum atomic E-state index is -5.19. The van der Waals surface area contributed by atoms with Gasteiger partial charge in [-0.2, -0.15) is 13.2 Å². The molecule has 6 nitrogen and oxygen atoms in total. The van der Waals surface area contributed by atoms with Crippen LogP contribution < -0.4 is 26.0 Å². The van der Waals surface area contributed by atoms with Crippen molar-refractivity contribution in [2.24, 2.45) is 4.99 Å². The van der Waals surface area contributed by atoms with E-state index >= 15 is 0 Å². The van der Waals surface area contributed by atoms with Crippen LogP contribution in [-0.2, 0) is 11.3 Å². The standard InChI is InChI=1S/C17H14ClN3O.C2HF3O2/c18-12-3-1-10(2-4-12)8-20-14-7-13-15-11(5-6-19-13)9-21-16(15)17(14)22;3-2(4,5)1(6)7/h1-4,7,9,20,22H,5-6,8H2;(H,6,7). The van der Waals surface area contributed by atoms with E-state index in [0.29, 0.717) is 12.2 Å². The first-order valence-corrected chi connectivity index (χ1v) is 8.84. The maximum absolute atomic E-state index is 10.5. The Morgan fingerprint density at radius 3 is 2.59 bits per heavy atom. The molecule has 0 radical (unpaired) electrons. The summed E-state index contributed by atoms with van der Waals surface area (Å²) >= 11 is 5.89. The highest BCUT2D eigenvalue weighted by molar-refractivity contribution is 6.30. The highest BCUT2D eigenvalue weighted by atomic mass is 35.5. The quantitative estimate of drug-likeness (QED) is 0.599. The summed E-state index contributed by atoms with van der Waals surface area (Å²) in [7, 11) is 0. The number of carbonyl (C=O) groups is 1. The monoisotopic (exact) mass is 425 g/mol. The number of benzene rings is 2. The smallest absolute Gasteiger partial charge is 0.430 e. The summed E-state index contributed by atoms with van der Waals surface area (Å²) in [6.07, 6.45) is -2.31. The minimum absolute atomic E-state index is 0.246. The zero-order valence-corrected chi connectivity index (χ0v) is 15.6. The Labute approximate surface area is 167 Å². The van der Waals surface area contributed by atoms with Crippen molar-refractivity contribution in [2.45, 2.75) is 19.1 Å². The molecule has 152 valence electrons. The number of alkyl halides is 3. The fraction of sp³-hybridized carbons (Fsp3) is 0.211. The van der Waals surface area contributed by atoms with Crippen molar-refractivity contribution in [1.29, 1.82) is 0 Å². The fourth-order valence-electron chi connectivity index (χ4n) is 2.91. The highest BCUT2D eigenvalue weighted by Gasteiger charge is 2.28. The number of hydrogen-bond donors (Lipinski definition) is 3. The fourth-order valence-corrected chi connectivity index (χ4v) is 3.03. The zero-order valence-electron chi connectivity index (χ0n) is 14.8. The second-order valence-corrected chi connectivity index (χ2v) is 6.69. The van der Waals surface area contributed by atoms with Gasteiger partial charge < -0.3 is 20.3 Å². The molecule has 2 aliphatic rings. The van der Waals surface area contributed by atoms with Crippen LogP contribution in [0.2, 0.25) is 5.02 Å². The summed E-state index contributed by atoms with van der Waals surface area (Å²) in [5.41, 5.74) is 3.77. The summed E-state index contributed by atoms with van der Waals surface area (Å²) in [5, 5.41) is 25.2. The van der Waals surface area contributed by atoms with Gasteiger partial charge in [0.1, 0.15) is 5.97 Å². The molecule has 2 aliphatic heterocycles. The number of aromatic hydroxyl groups is 1. The molecule has 0 aliphatic carbocycles. The van der Waals surface area contributed by atoms with E-state index < -0.39 is 12.1 Å². The van der Waals surface area contributed by atoms with Gasteiger partial charge in [-0.15, -0.1) is 0 Å². The molecule has 2 aromatic rings. The number of phenols is 1. The Morgan fingerprint density at radius 1 is 1.31 bits per heavy atom. The number of nitrogens with one attached hydrogen (secondary N) is 2. The van der Waals surface area contributed by atoms with Gasteiger partial charge in [-0.1, -0.05) is 23.7 Å². The number of carboxylic acids is 1. The van der Waals surface area contributed by atoms with E-state index in [2.05, 4.69) is 15.3 Å². The third-order valence-electron chi connectivity index (χ3n) is 4.28. The average molecular weight is 426 g/mol. The third kappa shape index (κ3) is 4.68.